The molecule has 2 rings (SSSR count). The molecule has 1 nitrogen and oxygen atoms in total. The van der Waals surface area contributed by atoms with Crippen molar-refractivity contribution in [3.05, 3.63) is 29.6 Å². The molecular formula is C14H20FN. The van der Waals surface area contributed by atoms with Gasteiger partial charge in [-0.3, -0.25) is 0 Å². The maximum absolute atomic E-state index is 13.7. The molecule has 0 saturated heterocycles. The van der Waals surface area contributed by atoms with E-state index in [4.69, 9.17) is 0 Å². The maximum atomic E-state index is 13.7. The number of halogens is 1. The van der Waals surface area contributed by atoms with Gasteiger partial charge in [0.05, 0.1) is 5.69 Å². The minimum Gasteiger partial charge on any atom is -0.380 e. The normalized spacial score (nSPS) is 24.7. The van der Waals surface area contributed by atoms with Crippen molar-refractivity contribution in [3.63, 3.8) is 0 Å². The van der Waals surface area contributed by atoms with E-state index < -0.39 is 0 Å². The first-order valence-corrected chi connectivity index (χ1v) is 6.23. The average Bonchev–Trinajstić information content (AvgIpc) is 2.69. The Morgan fingerprint density at radius 3 is 2.88 bits per heavy atom. The standard InChI is InChI=1S/C14H20FN/c1-3-11-5-4-6-13(11)16-14-8-7-10(2)9-12(14)15/h7-9,11,13,16H,3-6H2,1-2H3. The summed E-state index contributed by atoms with van der Waals surface area (Å²) in [4.78, 5) is 0. The number of hydrogen-bond acceptors (Lipinski definition) is 1. The number of nitrogens with one attached hydrogen (secondary N) is 1. The van der Waals surface area contributed by atoms with Gasteiger partial charge in [-0.1, -0.05) is 25.8 Å². The predicted octanol–water partition coefficient (Wildman–Crippen LogP) is 4.12. The van der Waals surface area contributed by atoms with Crippen LogP contribution in [0.15, 0.2) is 18.2 Å². The first kappa shape index (κ1) is 11.4. The molecule has 0 amide bonds. The van der Waals surface area contributed by atoms with Gasteiger partial charge in [0.25, 0.3) is 0 Å². The first-order chi connectivity index (χ1) is 7.70. The molecule has 0 aliphatic heterocycles. The molecule has 0 aromatic heterocycles. The van der Waals surface area contributed by atoms with Gasteiger partial charge in [0.1, 0.15) is 5.82 Å². The Morgan fingerprint density at radius 2 is 2.19 bits per heavy atom. The molecule has 16 heavy (non-hydrogen) atoms. The lowest BCUT2D eigenvalue weighted by Crippen LogP contribution is -2.23. The number of rotatable bonds is 3. The van der Waals surface area contributed by atoms with Gasteiger partial charge in [-0.2, -0.15) is 0 Å². The predicted molar refractivity (Wildman–Crippen MR) is 66.2 cm³/mol. The van der Waals surface area contributed by atoms with Gasteiger partial charge in [0.15, 0.2) is 0 Å². The Labute approximate surface area is 97.1 Å². The molecule has 1 aromatic carbocycles. The molecule has 2 heteroatoms. The minimum atomic E-state index is -0.123. The zero-order valence-electron chi connectivity index (χ0n) is 10.1. The number of anilines is 1. The first-order valence-electron chi connectivity index (χ1n) is 6.23. The van der Waals surface area contributed by atoms with Crippen molar-refractivity contribution in [1.29, 1.82) is 0 Å². The second-order valence-electron chi connectivity index (χ2n) is 4.83. The second kappa shape index (κ2) is 4.86. The fraction of sp³-hybridized carbons (Fsp3) is 0.571. The van der Waals surface area contributed by atoms with Crippen LogP contribution < -0.4 is 5.32 Å². The average molecular weight is 221 g/mol. The van der Waals surface area contributed by atoms with E-state index >= 15 is 0 Å². The third-order valence-corrected chi connectivity index (χ3v) is 3.65. The van der Waals surface area contributed by atoms with Crippen molar-refractivity contribution in [1.82, 2.24) is 0 Å². The van der Waals surface area contributed by atoms with Gasteiger partial charge in [-0.15, -0.1) is 0 Å². The van der Waals surface area contributed by atoms with E-state index in [1.165, 1.54) is 25.7 Å². The molecule has 88 valence electrons. The Kier molecular flexibility index (Phi) is 3.47. The fourth-order valence-corrected chi connectivity index (χ4v) is 2.65. The van der Waals surface area contributed by atoms with Crippen LogP contribution in [0.25, 0.3) is 0 Å². The lowest BCUT2D eigenvalue weighted by atomic mass is 10.0. The van der Waals surface area contributed by atoms with Crippen molar-refractivity contribution in [2.24, 2.45) is 5.92 Å². The Hall–Kier alpha value is -1.05. The summed E-state index contributed by atoms with van der Waals surface area (Å²) in [5, 5.41) is 3.36. The Bertz CT molecular complexity index is 362. The van der Waals surface area contributed by atoms with Crippen LogP contribution in [0.1, 0.15) is 38.2 Å². The molecule has 1 aromatic rings. The molecule has 1 aliphatic rings. The monoisotopic (exact) mass is 221 g/mol. The van der Waals surface area contributed by atoms with E-state index in [2.05, 4.69) is 12.2 Å². The molecular weight excluding hydrogens is 201 g/mol. The summed E-state index contributed by atoms with van der Waals surface area (Å²) in [6.45, 7) is 4.13. The lowest BCUT2D eigenvalue weighted by Gasteiger charge is -2.21. The molecule has 2 unspecified atom stereocenters. The van der Waals surface area contributed by atoms with Gasteiger partial charge < -0.3 is 5.32 Å². The van der Waals surface area contributed by atoms with Crippen molar-refractivity contribution in [2.45, 2.75) is 45.6 Å². The largest absolute Gasteiger partial charge is 0.380 e. The highest BCUT2D eigenvalue weighted by atomic mass is 19.1. The van der Waals surface area contributed by atoms with E-state index in [1.54, 1.807) is 6.07 Å². The summed E-state index contributed by atoms with van der Waals surface area (Å²) in [5.41, 5.74) is 1.64. The molecule has 1 fully saturated rings. The third-order valence-electron chi connectivity index (χ3n) is 3.65. The Morgan fingerprint density at radius 1 is 1.38 bits per heavy atom. The summed E-state index contributed by atoms with van der Waals surface area (Å²) in [5.74, 6) is 0.586. The number of aryl methyl sites for hydroxylation is 1. The van der Waals surface area contributed by atoms with Gasteiger partial charge in [-0.05, 0) is 43.4 Å². The molecule has 1 N–H and O–H groups in total. The molecule has 2 atom stereocenters. The van der Waals surface area contributed by atoms with Gasteiger partial charge >= 0.3 is 0 Å². The quantitative estimate of drug-likeness (QED) is 0.809. The Balaban J connectivity index is 2.08. The van der Waals surface area contributed by atoms with Crippen LogP contribution >= 0.6 is 0 Å². The van der Waals surface area contributed by atoms with Crippen LogP contribution in [0.3, 0.4) is 0 Å². The molecule has 1 saturated carbocycles. The van der Waals surface area contributed by atoms with Gasteiger partial charge in [0.2, 0.25) is 0 Å². The summed E-state index contributed by atoms with van der Waals surface area (Å²) in [6, 6.07) is 5.87. The molecule has 1 aliphatic carbocycles. The van der Waals surface area contributed by atoms with E-state index in [-0.39, 0.29) is 5.82 Å². The second-order valence-corrected chi connectivity index (χ2v) is 4.83. The van der Waals surface area contributed by atoms with Crippen molar-refractivity contribution < 1.29 is 4.39 Å². The molecule has 0 spiro atoms. The topological polar surface area (TPSA) is 12.0 Å². The van der Waals surface area contributed by atoms with Gasteiger partial charge in [0, 0.05) is 6.04 Å². The van der Waals surface area contributed by atoms with E-state index in [9.17, 15) is 4.39 Å². The van der Waals surface area contributed by atoms with Crippen molar-refractivity contribution in [2.75, 3.05) is 5.32 Å². The summed E-state index contributed by atoms with van der Waals surface area (Å²) in [6.07, 6.45) is 4.91. The summed E-state index contributed by atoms with van der Waals surface area (Å²) >= 11 is 0. The van der Waals surface area contributed by atoms with E-state index in [0.717, 1.165) is 5.56 Å². The van der Waals surface area contributed by atoms with Crippen LogP contribution in [0.5, 0.6) is 0 Å². The number of hydrogen-bond donors (Lipinski definition) is 1. The molecule has 0 radical (unpaired) electrons. The van der Waals surface area contributed by atoms with Crippen LogP contribution in [0.2, 0.25) is 0 Å². The zero-order valence-corrected chi connectivity index (χ0v) is 10.1. The molecule has 0 bridgehead atoms. The smallest absolute Gasteiger partial charge is 0.146 e. The highest BCUT2D eigenvalue weighted by molar-refractivity contribution is 5.47. The summed E-state index contributed by atoms with van der Waals surface area (Å²) in [7, 11) is 0. The zero-order chi connectivity index (χ0) is 11.5. The SMILES string of the molecule is CCC1CCCC1Nc1ccc(C)cc1F. The third kappa shape index (κ3) is 2.37. The summed E-state index contributed by atoms with van der Waals surface area (Å²) < 4.78 is 13.7. The highest BCUT2D eigenvalue weighted by Crippen LogP contribution is 2.31. The van der Waals surface area contributed by atoms with Crippen LogP contribution in [0, 0.1) is 18.7 Å². The highest BCUT2D eigenvalue weighted by Gasteiger charge is 2.25. The van der Waals surface area contributed by atoms with Crippen LogP contribution in [-0.4, -0.2) is 6.04 Å². The van der Waals surface area contributed by atoms with Crippen LogP contribution in [-0.2, 0) is 0 Å². The van der Waals surface area contributed by atoms with Gasteiger partial charge in [-0.25, -0.2) is 4.39 Å². The molecule has 0 heterocycles. The number of benzene rings is 1. The van der Waals surface area contributed by atoms with E-state index in [0.29, 0.717) is 17.6 Å². The maximum Gasteiger partial charge on any atom is 0.146 e. The lowest BCUT2D eigenvalue weighted by molar-refractivity contribution is 0.486. The fourth-order valence-electron chi connectivity index (χ4n) is 2.65. The van der Waals surface area contributed by atoms with Crippen LogP contribution in [0.4, 0.5) is 10.1 Å². The van der Waals surface area contributed by atoms with Crippen molar-refractivity contribution >= 4 is 5.69 Å². The minimum absolute atomic E-state index is 0.123. The van der Waals surface area contributed by atoms with E-state index in [1.807, 2.05) is 19.1 Å². The van der Waals surface area contributed by atoms with Crippen molar-refractivity contribution in [3.8, 4) is 0 Å².